The van der Waals surface area contributed by atoms with Crippen molar-refractivity contribution in [3.05, 3.63) is 120 Å². The Morgan fingerprint density at radius 3 is 2.00 bits per heavy atom. The molecule has 5 aromatic carbocycles. The van der Waals surface area contributed by atoms with Gasteiger partial charge in [0, 0.05) is 18.8 Å². The predicted octanol–water partition coefficient (Wildman–Crippen LogP) is 7.28. The minimum atomic E-state index is -0.122. The van der Waals surface area contributed by atoms with Gasteiger partial charge in [0.25, 0.3) is 0 Å². The second-order valence-electron chi connectivity index (χ2n) is 8.61. The largest absolute Gasteiger partial charge is 0.497 e. The van der Waals surface area contributed by atoms with Gasteiger partial charge in [0.1, 0.15) is 5.75 Å². The van der Waals surface area contributed by atoms with Gasteiger partial charge in [0.05, 0.1) is 7.11 Å². The minimum absolute atomic E-state index is 0.122. The van der Waals surface area contributed by atoms with Crippen LogP contribution in [0.25, 0.3) is 21.5 Å². The Morgan fingerprint density at radius 2 is 1.37 bits per heavy atom. The van der Waals surface area contributed by atoms with Crippen LogP contribution in [0.3, 0.4) is 0 Å². The summed E-state index contributed by atoms with van der Waals surface area (Å²) in [6.07, 6.45) is 0.777. The van der Waals surface area contributed by atoms with Crippen molar-refractivity contribution in [1.82, 2.24) is 4.90 Å². The first kappa shape index (κ1) is 22.5. The number of carbonyl (C=O) groups excluding carboxylic acids is 1. The number of hydrogen-bond acceptors (Lipinski definition) is 2. The smallest absolute Gasteiger partial charge is 0.322 e. The molecule has 4 heteroatoms. The molecule has 35 heavy (non-hydrogen) atoms. The number of amides is 2. The lowest BCUT2D eigenvalue weighted by Gasteiger charge is -2.25. The van der Waals surface area contributed by atoms with Crippen LogP contribution >= 0.6 is 0 Å². The van der Waals surface area contributed by atoms with Gasteiger partial charge >= 0.3 is 6.03 Å². The van der Waals surface area contributed by atoms with Crippen molar-refractivity contribution in [2.24, 2.45) is 0 Å². The fourth-order valence-corrected chi connectivity index (χ4v) is 4.51. The Bertz CT molecular complexity index is 1390. The van der Waals surface area contributed by atoms with Gasteiger partial charge in [-0.05, 0) is 69.4 Å². The van der Waals surface area contributed by atoms with E-state index in [1.807, 2.05) is 47.4 Å². The summed E-state index contributed by atoms with van der Waals surface area (Å²) in [7, 11) is 1.63. The SMILES string of the molecule is COc1ccc(NC(=O)N(CCc2ccccc2)Cc2c3ccccc3cc3ccccc23)cc1. The van der Waals surface area contributed by atoms with Gasteiger partial charge in [0.15, 0.2) is 0 Å². The van der Waals surface area contributed by atoms with Crippen molar-refractivity contribution in [1.29, 1.82) is 0 Å². The Morgan fingerprint density at radius 1 is 0.771 bits per heavy atom. The first-order chi connectivity index (χ1) is 17.2. The van der Waals surface area contributed by atoms with Gasteiger partial charge in [-0.1, -0.05) is 78.9 Å². The number of nitrogens with one attached hydrogen (secondary N) is 1. The van der Waals surface area contributed by atoms with Gasteiger partial charge in [0.2, 0.25) is 0 Å². The van der Waals surface area contributed by atoms with Crippen molar-refractivity contribution in [2.45, 2.75) is 13.0 Å². The van der Waals surface area contributed by atoms with Gasteiger partial charge in [-0.3, -0.25) is 0 Å². The average Bonchev–Trinajstić information content (AvgIpc) is 2.91. The van der Waals surface area contributed by atoms with Crippen LogP contribution in [-0.4, -0.2) is 24.6 Å². The summed E-state index contributed by atoms with van der Waals surface area (Å²) in [5.41, 5.74) is 3.11. The fraction of sp³-hybridized carbons (Fsp3) is 0.129. The molecule has 0 aliphatic rings. The lowest BCUT2D eigenvalue weighted by Crippen LogP contribution is -2.36. The average molecular weight is 461 g/mol. The third-order valence-corrected chi connectivity index (χ3v) is 6.37. The number of methoxy groups -OCH3 is 1. The lowest BCUT2D eigenvalue weighted by atomic mass is 9.96. The monoisotopic (exact) mass is 460 g/mol. The normalized spacial score (nSPS) is 10.9. The van der Waals surface area contributed by atoms with Crippen molar-refractivity contribution < 1.29 is 9.53 Å². The summed E-state index contributed by atoms with van der Waals surface area (Å²) in [4.78, 5) is 15.5. The van der Waals surface area contributed by atoms with Crippen LogP contribution < -0.4 is 10.1 Å². The van der Waals surface area contributed by atoms with E-state index in [0.29, 0.717) is 13.1 Å². The molecule has 0 fully saturated rings. The van der Waals surface area contributed by atoms with Crippen molar-refractivity contribution in [3.63, 3.8) is 0 Å². The first-order valence-electron chi connectivity index (χ1n) is 11.8. The van der Waals surface area contributed by atoms with Crippen molar-refractivity contribution >= 4 is 33.3 Å². The van der Waals surface area contributed by atoms with Crippen molar-refractivity contribution in [2.75, 3.05) is 19.0 Å². The van der Waals surface area contributed by atoms with Crippen LogP contribution in [0.2, 0.25) is 0 Å². The zero-order valence-corrected chi connectivity index (χ0v) is 19.8. The highest BCUT2D eigenvalue weighted by molar-refractivity contribution is 6.02. The number of anilines is 1. The molecule has 2 amide bonds. The van der Waals surface area contributed by atoms with Crippen LogP contribution in [0, 0.1) is 0 Å². The second-order valence-corrected chi connectivity index (χ2v) is 8.61. The third kappa shape index (κ3) is 5.12. The number of carbonyl (C=O) groups is 1. The molecular weight excluding hydrogens is 432 g/mol. The van der Waals surface area contributed by atoms with E-state index in [9.17, 15) is 4.79 Å². The molecule has 0 unspecified atom stereocenters. The topological polar surface area (TPSA) is 41.6 Å². The molecule has 5 aromatic rings. The molecule has 4 nitrogen and oxygen atoms in total. The van der Waals surface area contributed by atoms with Crippen LogP contribution in [0.5, 0.6) is 5.75 Å². The van der Waals surface area contributed by atoms with Gasteiger partial charge in [-0.25, -0.2) is 4.79 Å². The van der Waals surface area contributed by atoms with Gasteiger partial charge in [-0.15, -0.1) is 0 Å². The highest BCUT2D eigenvalue weighted by Crippen LogP contribution is 2.30. The lowest BCUT2D eigenvalue weighted by molar-refractivity contribution is 0.210. The maximum absolute atomic E-state index is 13.5. The molecule has 0 saturated heterocycles. The summed E-state index contributed by atoms with van der Waals surface area (Å²) in [6.45, 7) is 1.11. The molecule has 0 saturated carbocycles. The number of nitrogens with zero attached hydrogens (tertiary/aromatic N) is 1. The molecule has 0 heterocycles. The Balaban J connectivity index is 1.49. The van der Waals surface area contributed by atoms with E-state index in [4.69, 9.17) is 4.74 Å². The number of ether oxygens (including phenoxy) is 1. The molecule has 0 spiro atoms. The Kier molecular flexibility index (Phi) is 6.62. The van der Waals surface area contributed by atoms with Crippen LogP contribution in [0.15, 0.2) is 109 Å². The zero-order valence-electron chi connectivity index (χ0n) is 19.8. The highest BCUT2D eigenvalue weighted by Gasteiger charge is 2.18. The van der Waals surface area contributed by atoms with E-state index in [2.05, 4.69) is 72.0 Å². The molecular formula is C31H28N2O2. The zero-order chi connectivity index (χ0) is 24.0. The van der Waals surface area contributed by atoms with Gasteiger partial charge < -0.3 is 15.0 Å². The molecule has 0 atom stereocenters. The Hall–Kier alpha value is -4.31. The van der Waals surface area contributed by atoms with E-state index in [0.717, 1.165) is 23.4 Å². The summed E-state index contributed by atoms with van der Waals surface area (Å²) in [6, 6.07) is 36.6. The van der Waals surface area contributed by atoms with Crippen LogP contribution in [-0.2, 0) is 13.0 Å². The van der Waals surface area contributed by atoms with Crippen LogP contribution in [0.4, 0.5) is 10.5 Å². The van der Waals surface area contributed by atoms with E-state index >= 15 is 0 Å². The molecule has 0 aromatic heterocycles. The summed E-state index contributed by atoms with van der Waals surface area (Å²) in [5.74, 6) is 0.756. The van der Waals surface area contributed by atoms with E-state index in [-0.39, 0.29) is 6.03 Å². The molecule has 5 rings (SSSR count). The predicted molar refractivity (Wildman–Crippen MR) is 144 cm³/mol. The first-order valence-corrected chi connectivity index (χ1v) is 11.8. The summed E-state index contributed by atoms with van der Waals surface area (Å²) < 4.78 is 5.25. The highest BCUT2D eigenvalue weighted by atomic mass is 16.5. The maximum atomic E-state index is 13.5. The van der Waals surface area contributed by atoms with Gasteiger partial charge in [-0.2, -0.15) is 0 Å². The quantitative estimate of drug-likeness (QED) is 0.259. The van der Waals surface area contributed by atoms with E-state index in [1.54, 1.807) is 7.11 Å². The minimum Gasteiger partial charge on any atom is -0.497 e. The number of rotatable bonds is 7. The standard InChI is InChI=1S/C31H28N2O2/c1-35-27-17-15-26(16-18-27)32-31(34)33(20-19-23-9-3-2-4-10-23)22-30-28-13-7-5-11-24(28)21-25-12-6-8-14-29(25)30/h2-18,21H,19-20,22H2,1H3,(H,32,34). The number of hydrogen-bond donors (Lipinski definition) is 1. The molecule has 0 bridgehead atoms. The Labute approximate surface area is 205 Å². The van der Waals surface area contributed by atoms with Crippen molar-refractivity contribution in [3.8, 4) is 5.75 Å². The summed E-state index contributed by atoms with van der Waals surface area (Å²) in [5, 5.41) is 7.79. The number of urea groups is 1. The summed E-state index contributed by atoms with van der Waals surface area (Å²) >= 11 is 0. The second kappa shape index (κ2) is 10.3. The molecule has 174 valence electrons. The molecule has 0 radical (unpaired) electrons. The fourth-order valence-electron chi connectivity index (χ4n) is 4.51. The maximum Gasteiger partial charge on any atom is 0.322 e. The molecule has 1 N–H and O–H groups in total. The molecule has 0 aliphatic carbocycles. The number of benzene rings is 5. The third-order valence-electron chi connectivity index (χ3n) is 6.37. The number of fused-ring (bicyclic) bond motifs is 2. The van der Waals surface area contributed by atoms with Crippen LogP contribution in [0.1, 0.15) is 11.1 Å². The molecule has 0 aliphatic heterocycles. The van der Waals surface area contributed by atoms with E-state index < -0.39 is 0 Å². The van der Waals surface area contributed by atoms with E-state index in [1.165, 1.54) is 27.1 Å².